The summed E-state index contributed by atoms with van der Waals surface area (Å²) in [5, 5.41) is 0. The van der Waals surface area contributed by atoms with Gasteiger partial charge in [0.1, 0.15) is 5.75 Å². The monoisotopic (exact) mass is 288 g/mol. The molecule has 3 nitrogen and oxygen atoms in total. The van der Waals surface area contributed by atoms with Crippen LogP contribution in [0.5, 0.6) is 5.75 Å². The average Bonchev–Trinajstić information content (AvgIpc) is 2.55. The van der Waals surface area contributed by atoms with Crippen LogP contribution in [0.1, 0.15) is 32.1 Å². The molecule has 1 atom stereocenters. The van der Waals surface area contributed by atoms with Crippen molar-refractivity contribution in [3.63, 3.8) is 0 Å². The van der Waals surface area contributed by atoms with Crippen molar-refractivity contribution in [2.45, 2.75) is 38.1 Å². The second kappa shape index (κ2) is 7.81. The largest absolute Gasteiger partial charge is 0.494 e. The summed E-state index contributed by atoms with van der Waals surface area (Å²) in [5.74, 6) is 0.994. The van der Waals surface area contributed by atoms with Crippen LogP contribution in [0.4, 0.5) is 0 Å². The van der Waals surface area contributed by atoms with Gasteiger partial charge in [-0.25, -0.2) is 0 Å². The second-order valence-corrected chi connectivity index (χ2v) is 6.35. The van der Waals surface area contributed by atoms with Crippen LogP contribution in [0.2, 0.25) is 0 Å². The van der Waals surface area contributed by atoms with Crippen LogP contribution in [0, 0.1) is 0 Å². The minimum atomic E-state index is 0.841. The first-order valence-electron chi connectivity index (χ1n) is 8.56. The minimum absolute atomic E-state index is 0.841. The van der Waals surface area contributed by atoms with E-state index in [2.05, 4.69) is 9.80 Å². The van der Waals surface area contributed by atoms with Crippen molar-refractivity contribution in [2.24, 2.45) is 0 Å². The second-order valence-electron chi connectivity index (χ2n) is 6.35. The van der Waals surface area contributed by atoms with Crippen molar-refractivity contribution >= 4 is 0 Å². The molecule has 0 aliphatic carbocycles. The molecule has 3 heteroatoms. The van der Waals surface area contributed by atoms with Crippen LogP contribution in [0.3, 0.4) is 0 Å². The Balaban J connectivity index is 1.29. The fourth-order valence-electron chi connectivity index (χ4n) is 3.57. The Labute approximate surface area is 128 Å². The number of benzene rings is 1. The van der Waals surface area contributed by atoms with Gasteiger partial charge >= 0.3 is 0 Å². The molecular formula is C18H28N2O. The number of rotatable bonds is 6. The van der Waals surface area contributed by atoms with Crippen molar-refractivity contribution in [3.05, 3.63) is 30.3 Å². The number of ether oxygens (including phenoxy) is 1. The summed E-state index contributed by atoms with van der Waals surface area (Å²) in [6.45, 7) is 7.25. The molecule has 1 unspecified atom stereocenters. The van der Waals surface area contributed by atoms with Gasteiger partial charge in [0.05, 0.1) is 6.61 Å². The normalized spacial score (nSPS) is 23.7. The van der Waals surface area contributed by atoms with Crippen LogP contribution in [0.15, 0.2) is 30.3 Å². The maximum Gasteiger partial charge on any atom is 0.119 e. The molecule has 2 aliphatic heterocycles. The average molecular weight is 288 g/mol. The van der Waals surface area contributed by atoms with E-state index in [1.807, 2.05) is 30.3 Å². The number of hydrogen-bond acceptors (Lipinski definition) is 3. The summed E-state index contributed by atoms with van der Waals surface area (Å²) >= 11 is 0. The third kappa shape index (κ3) is 4.45. The molecule has 2 heterocycles. The number of para-hydroxylation sites is 1. The lowest BCUT2D eigenvalue weighted by Crippen LogP contribution is -2.54. The van der Waals surface area contributed by atoms with Gasteiger partial charge in [0.2, 0.25) is 0 Å². The molecule has 116 valence electrons. The maximum absolute atomic E-state index is 5.75. The molecule has 2 aliphatic rings. The summed E-state index contributed by atoms with van der Waals surface area (Å²) in [6, 6.07) is 11.0. The van der Waals surface area contributed by atoms with E-state index in [0.717, 1.165) is 24.8 Å². The summed E-state index contributed by atoms with van der Waals surface area (Å²) < 4.78 is 5.75. The summed E-state index contributed by atoms with van der Waals surface area (Å²) in [7, 11) is 0. The van der Waals surface area contributed by atoms with Gasteiger partial charge in [-0.1, -0.05) is 24.6 Å². The molecule has 2 saturated heterocycles. The zero-order valence-corrected chi connectivity index (χ0v) is 13.0. The highest BCUT2D eigenvalue weighted by atomic mass is 16.5. The summed E-state index contributed by atoms with van der Waals surface area (Å²) in [6.07, 6.45) is 6.65. The lowest BCUT2D eigenvalue weighted by molar-refractivity contribution is 0.0482. The Morgan fingerprint density at radius 3 is 2.81 bits per heavy atom. The van der Waals surface area contributed by atoms with Crippen LogP contribution in [-0.4, -0.2) is 55.2 Å². The van der Waals surface area contributed by atoms with Gasteiger partial charge in [-0.2, -0.15) is 0 Å². The molecule has 2 fully saturated rings. The number of hydrogen-bond donors (Lipinski definition) is 0. The topological polar surface area (TPSA) is 15.7 Å². The molecule has 21 heavy (non-hydrogen) atoms. The number of piperidine rings is 1. The van der Waals surface area contributed by atoms with Crippen molar-refractivity contribution in [2.75, 3.05) is 39.3 Å². The summed E-state index contributed by atoms with van der Waals surface area (Å²) in [4.78, 5) is 5.37. The first-order chi connectivity index (χ1) is 10.4. The Morgan fingerprint density at radius 2 is 1.90 bits per heavy atom. The minimum Gasteiger partial charge on any atom is -0.494 e. The molecule has 0 radical (unpaired) electrons. The molecule has 0 saturated carbocycles. The molecular weight excluding hydrogens is 260 g/mol. The third-order valence-corrected chi connectivity index (χ3v) is 4.80. The van der Waals surface area contributed by atoms with Crippen molar-refractivity contribution in [1.82, 2.24) is 9.80 Å². The molecule has 3 rings (SSSR count). The van der Waals surface area contributed by atoms with Crippen LogP contribution in [-0.2, 0) is 0 Å². The molecule has 0 N–H and O–H groups in total. The van der Waals surface area contributed by atoms with Gasteiger partial charge in [0, 0.05) is 25.7 Å². The van der Waals surface area contributed by atoms with Gasteiger partial charge in [-0.05, 0) is 50.9 Å². The van der Waals surface area contributed by atoms with E-state index < -0.39 is 0 Å². The molecule has 0 bridgehead atoms. The SMILES string of the molecule is c1ccc(OCCCCN2CCN3CCCCC3C2)cc1. The van der Waals surface area contributed by atoms with Crippen molar-refractivity contribution in [3.8, 4) is 5.75 Å². The zero-order chi connectivity index (χ0) is 14.3. The Morgan fingerprint density at radius 1 is 1.00 bits per heavy atom. The zero-order valence-electron chi connectivity index (χ0n) is 13.0. The van der Waals surface area contributed by atoms with E-state index in [1.165, 1.54) is 58.4 Å². The van der Waals surface area contributed by atoms with Gasteiger partial charge in [-0.15, -0.1) is 0 Å². The fourth-order valence-corrected chi connectivity index (χ4v) is 3.57. The van der Waals surface area contributed by atoms with Crippen LogP contribution in [0.25, 0.3) is 0 Å². The van der Waals surface area contributed by atoms with E-state index in [0.29, 0.717) is 0 Å². The lowest BCUT2D eigenvalue weighted by Gasteiger charge is -2.44. The predicted octanol–water partition coefficient (Wildman–Crippen LogP) is 3.02. The Hall–Kier alpha value is -1.06. The number of unbranched alkanes of at least 4 members (excludes halogenated alkanes) is 1. The lowest BCUT2D eigenvalue weighted by atomic mass is 9.99. The first-order valence-corrected chi connectivity index (χ1v) is 8.56. The maximum atomic E-state index is 5.75. The van der Waals surface area contributed by atoms with E-state index >= 15 is 0 Å². The highest BCUT2D eigenvalue weighted by molar-refractivity contribution is 5.20. The number of piperazine rings is 1. The van der Waals surface area contributed by atoms with E-state index in [4.69, 9.17) is 4.74 Å². The van der Waals surface area contributed by atoms with Gasteiger partial charge in [0.25, 0.3) is 0 Å². The van der Waals surface area contributed by atoms with Crippen molar-refractivity contribution in [1.29, 1.82) is 0 Å². The van der Waals surface area contributed by atoms with Gasteiger partial charge < -0.3 is 9.64 Å². The standard InChI is InChI=1S/C18H28N2O/c1-2-9-18(10-3-1)21-15-7-6-11-19-13-14-20-12-5-4-8-17(20)16-19/h1-3,9-10,17H,4-8,11-16H2. The van der Waals surface area contributed by atoms with Crippen LogP contribution >= 0.6 is 0 Å². The third-order valence-electron chi connectivity index (χ3n) is 4.80. The highest BCUT2D eigenvalue weighted by Crippen LogP contribution is 2.21. The van der Waals surface area contributed by atoms with E-state index in [-0.39, 0.29) is 0 Å². The molecule has 1 aromatic carbocycles. The van der Waals surface area contributed by atoms with Crippen LogP contribution < -0.4 is 4.74 Å². The Kier molecular flexibility index (Phi) is 5.53. The first kappa shape index (κ1) is 14.9. The molecule has 1 aromatic rings. The van der Waals surface area contributed by atoms with Crippen molar-refractivity contribution < 1.29 is 4.74 Å². The van der Waals surface area contributed by atoms with Gasteiger partial charge in [-0.3, -0.25) is 4.90 Å². The Bertz CT molecular complexity index is 409. The fraction of sp³-hybridized carbons (Fsp3) is 0.667. The molecule has 0 amide bonds. The van der Waals surface area contributed by atoms with E-state index in [9.17, 15) is 0 Å². The van der Waals surface area contributed by atoms with Gasteiger partial charge in [0.15, 0.2) is 0 Å². The number of nitrogens with zero attached hydrogens (tertiary/aromatic N) is 2. The summed E-state index contributed by atoms with van der Waals surface area (Å²) in [5.41, 5.74) is 0. The smallest absolute Gasteiger partial charge is 0.119 e. The quantitative estimate of drug-likeness (QED) is 0.748. The highest BCUT2D eigenvalue weighted by Gasteiger charge is 2.28. The van der Waals surface area contributed by atoms with E-state index in [1.54, 1.807) is 0 Å². The number of fused-ring (bicyclic) bond motifs is 1. The predicted molar refractivity (Wildman–Crippen MR) is 86.8 cm³/mol. The molecule has 0 aromatic heterocycles. The molecule has 0 spiro atoms.